The summed E-state index contributed by atoms with van der Waals surface area (Å²) >= 11 is 0. The minimum absolute atomic E-state index is 0.174. The molecule has 1 aliphatic rings. The topological polar surface area (TPSA) is 49.3 Å². The van der Waals surface area contributed by atoms with Crippen LogP contribution in [0.25, 0.3) is 0 Å². The van der Waals surface area contributed by atoms with Crippen molar-refractivity contribution in [3.8, 4) is 0 Å². The minimum Gasteiger partial charge on any atom is -0.396 e. The van der Waals surface area contributed by atoms with Gasteiger partial charge in [0.15, 0.2) is 0 Å². The molecule has 3 heteroatoms. The maximum absolute atomic E-state index is 11.9. The number of carbonyl (C=O) groups excluding carboxylic acids is 1. The van der Waals surface area contributed by atoms with Gasteiger partial charge in [-0.3, -0.25) is 4.79 Å². The second-order valence-corrected chi connectivity index (χ2v) is 5.81. The molecule has 110 valence electrons. The van der Waals surface area contributed by atoms with Crippen molar-refractivity contribution >= 4 is 5.91 Å². The molecule has 2 N–H and O–H groups in total. The summed E-state index contributed by atoms with van der Waals surface area (Å²) in [5.41, 5.74) is 1.30. The van der Waals surface area contributed by atoms with Crippen LogP contribution in [0.4, 0.5) is 0 Å². The Hall–Kier alpha value is -1.35. The van der Waals surface area contributed by atoms with Gasteiger partial charge in [-0.05, 0) is 50.0 Å². The van der Waals surface area contributed by atoms with Gasteiger partial charge in [0.25, 0.3) is 0 Å². The molecule has 0 spiro atoms. The van der Waals surface area contributed by atoms with Crippen LogP contribution < -0.4 is 5.32 Å². The third-order valence-electron chi connectivity index (χ3n) is 4.18. The molecule has 0 bridgehead atoms. The zero-order valence-corrected chi connectivity index (χ0v) is 12.1. The number of carbonyl (C=O) groups is 1. The normalized spacial score (nSPS) is 22.4. The molecule has 1 aromatic carbocycles. The van der Waals surface area contributed by atoms with E-state index >= 15 is 0 Å². The first-order chi connectivity index (χ1) is 9.78. The molecule has 1 aromatic rings. The van der Waals surface area contributed by atoms with Gasteiger partial charge in [-0.25, -0.2) is 0 Å². The largest absolute Gasteiger partial charge is 0.396 e. The molecule has 1 amide bonds. The molecular weight excluding hydrogens is 250 g/mol. The Bertz CT molecular complexity index is 397. The number of aliphatic hydroxyl groups excluding tert-OH is 1. The van der Waals surface area contributed by atoms with Gasteiger partial charge in [-0.1, -0.05) is 30.3 Å². The molecule has 2 rings (SSSR count). The van der Waals surface area contributed by atoms with Crippen LogP contribution in [-0.4, -0.2) is 23.7 Å². The quantitative estimate of drug-likeness (QED) is 0.838. The van der Waals surface area contributed by atoms with Crippen LogP contribution in [0, 0.1) is 5.92 Å². The van der Waals surface area contributed by atoms with E-state index in [1.165, 1.54) is 5.56 Å². The molecule has 0 aromatic heterocycles. The molecule has 20 heavy (non-hydrogen) atoms. The van der Waals surface area contributed by atoms with Crippen molar-refractivity contribution < 1.29 is 9.90 Å². The van der Waals surface area contributed by atoms with Gasteiger partial charge in [0.05, 0.1) is 0 Å². The molecule has 1 saturated carbocycles. The number of benzene rings is 1. The number of nitrogens with one attached hydrogen (secondary N) is 1. The van der Waals surface area contributed by atoms with Crippen LogP contribution in [-0.2, 0) is 11.2 Å². The van der Waals surface area contributed by atoms with Crippen molar-refractivity contribution in [2.24, 2.45) is 5.92 Å². The van der Waals surface area contributed by atoms with E-state index in [1.807, 2.05) is 18.2 Å². The third-order valence-corrected chi connectivity index (χ3v) is 4.18. The number of amides is 1. The van der Waals surface area contributed by atoms with E-state index in [0.717, 1.165) is 38.5 Å². The van der Waals surface area contributed by atoms with E-state index in [4.69, 9.17) is 5.11 Å². The van der Waals surface area contributed by atoms with Crippen LogP contribution >= 0.6 is 0 Å². The Morgan fingerprint density at radius 3 is 2.50 bits per heavy atom. The predicted molar refractivity (Wildman–Crippen MR) is 80.4 cm³/mol. The van der Waals surface area contributed by atoms with Gasteiger partial charge in [0.1, 0.15) is 0 Å². The maximum Gasteiger partial charge on any atom is 0.220 e. The van der Waals surface area contributed by atoms with Crippen LogP contribution in [0.15, 0.2) is 30.3 Å². The van der Waals surface area contributed by atoms with E-state index in [-0.39, 0.29) is 12.5 Å². The highest BCUT2D eigenvalue weighted by Crippen LogP contribution is 2.23. The van der Waals surface area contributed by atoms with Crippen LogP contribution in [0.3, 0.4) is 0 Å². The molecule has 3 nitrogen and oxygen atoms in total. The first kappa shape index (κ1) is 15.0. The number of hydrogen-bond acceptors (Lipinski definition) is 2. The summed E-state index contributed by atoms with van der Waals surface area (Å²) < 4.78 is 0. The van der Waals surface area contributed by atoms with Crippen LogP contribution in [0.1, 0.15) is 44.1 Å². The van der Waals surface area contributed by atoms with E-state index in [2.05, 4.69) is 17.4 Å². The fraction of sp³-hybridized carbons (Fsp3) is 0.588. The van der Waals surface area contributed by atoms with Gasteiger partial charge in [0, 0.05) is 19.1 Å². The van der Waals surface area contributed by atoms with E-state index in [0.29, 0.717) is 18.4 Å². The fourth-order valence-electron chi connectivity index (χ4n) is 2.89. The van der Waals surface area contributed by atoms with E-state index < -0.39 is 0 Å². The van der Waals surface area contributed by atoms with Crippen molar-refractivity contribution in [3.05, 3.63) is 35.9 Å². The molecular formula is C17H25NO2. The van der Waals surface area contributed by atoms with Gasteiger partial charge >= 0.3 is 0 Å². The van der Waals surface area contributed by atoms with Crippen molar-refractivity contribution in [2.75, 3.05) is 6.61 Å². The van der Waals surface area contributed by atoms with Gasteiger partial charge in [-0.2, -0.15) is 0 Å². The zero-order valence-electron chi connectivity index (χ0n) is 12.1. The van der Waals surface area contributed by atoms with Gasteiger partial charge in [0.2, 0.25) is 5.91 Å². The highest BCUT2D eigenvalue weighted by Gasteiger charge is 2.21. The fourth-order valence-corrected chi connectivity index (χ4v) is 2.89. The maximum atomic E-state index is 11.9. The Morgan fingerprint density at radius 1 is 1.15 bits per heavy atom. The average molecular weight is 275 g/mol. The highest BCUT2D eigenvalue weighted by molar-refractivity contribution is 5.76. The Balaban J connectivity index is 1.61. The molecule has 0 aliphatic heterocycles. The summed E-state index contributed by atoms with van der Waals surface area (Å²) in [5.74, 6) is 0.620. The first-order valence-corrected chi connectivity index (χ1v) is 7.72. The SMILES string of the molecule is O=C(CCCc1ccccc1)NC1CCC(CO)CC1. The standard InChI is InChI=1S/C17H25NO2/c19-13-15-9-11-16(12-10-15)18-17(20)8-4-7-14-5-2-1-3-6-14/h1-3,5-6,15-16,19H,4,7-13H2,(H,18,20). The lowest BCUT2D eigenvalue weighted by Crippen LogP contribution is -2.38. The molecule has 0 unspecified atom stereocenters. The summed E-state index contributed by atoms with van der Waals surface area (Å²) in [7, 11) is 0. The lowest BCUT2D eigenvalue weighted by atomic mass is 9.86. The molecule has 1 fully saturated rings. The lowest BCUT2D eigenvalue weighted by molar-refractivity contribution is -0.122. The van der Waals surface area contributed by atoms with Crippen LogP contribution in [0.2, 0.25) is 0 Å². The van der Waals surface area contributed by atoms with Gasteiger partial charge < -0.3 is 10.4 Å². The van der Waals surface area contributed by atoms with Crippen molar-refractivity contribution in [3.63, 3.8) is 0 Å². The van der Waals surface area contributed by atoms with Gasteiger partial charge in [-0.15, -0.1) is 0 Å². The molecule has 0 heterocycles. The number of hydrogen-bond donors (Lipinski definition) is 2. The summed E-state index contributed by atoms with van der Waals surface area (Å²) in [4.78, 5) is 11.9. The summed E-state index contributed by atoms with van der Waals surface area (Å²) in [6.07, 6.45) is 6.56. The van der Waals surface area contributed by atoms with E-state index in [1.54, 1.807) is 0 Å². The number of aryl methyl sites for hydroxylation is 1. The molecule has 0 saturated heterocycles. The Labute approximate surface area is 121 Å². The highest BCUT2D eigenvalue weighted by atomic mass is 16.3. The van der Waals surface area contributed by atoms with Crippen LogP contribution in [0.5, 0.6) is 0 Å². The van der Waals surface area contributed by atoms with Crippen molar-refractivity contribution in [1.82, 2.24) is 5.32 Å². The minimum atomic E-state index is 0.174. The molecule has 0 radical (unpaired) electrons. The monoisotopic (exact) mass is 275 g/mol. The molecule has 1 aliphatic carbocycles. The number of rotatable bonds is 6. The zero-order chi connectivity index (χ0) is 14.2. The Kier molecular flexibility index (Phi) is 6.06. The average Bonchev–Trinajstić information content (AvgIpc) is 2.49. The number of aliphatic hydroxyl groups is 1. The second kappa shape index (κ2) is 8.05. The molecule has 0 atom stereocenters. The van der Waals surface area contributed by atoms with Crippen molar-refractivity contribution in [2.45, 2.75) is 51.0 Å². The Morgan fingerprint density at radius 2 is 1.85 bits per heavy atom. The smallest absolute Gasteiger partial charge is 0.220 e. The first-order valence-electron chi connectivity index (χ1n) is 7.72. The van der Waals surface area contributed by atoms with E-state index in [9.17, 15) is 4.79 Å². The second-order valence-electron chi connectivity index (χ2n) is 5.81. The summed E-state index contributed by atoms with van der Waals surface area (Å²) in [6, 6.07) is 10.6. The lowest BCUT2D eigenvalue weighted by Gasteiger charge is -2.27. The summed E-state index contributed by atoms with van der Waals surface area (Å²) in [5, 5.41) is 12.2. The van der Waals surface area contributed by atoms with Crippen molar-refractivity contribution in [1.29, 1.82) is 0 Å². The summed E-state index contributed by atoms with van der Waals surface area (Å²) in [6.45, 7) is 0.289. The third kappa shape index (κ3) is 4.97. The predicted octanol–water partition coefficient (Wildman–Crippen LogP) is 2.68.